The summed E-state index contributed by atoms with van der Waals surface area (Å²) in [5.41, 5.74) is 0.204. The normalized spacial score (nSPS) is 34.8. The van der Waals surface area contributed by atoms with Gasteiger partial charge < -0.3 is 59.3 Å². The lowest BCUT2D eigenvalue weighted by atomic mass is 9.83. The monoisotopic (exact) mass is 559 g/mol. The minimum absolute atomic E-state index is 0.204. The average molecular weight is 560 g/mol. The highest BCUT2D eigenvalue weighted by Crippen LogP contribution is 2.34. The molecule has 2 heterocycles. The van der Waals surface area contributed by atoms with Crippen molar-refractivity contribution >= 4 is 11.7 Å². The summed E-state index contributed by atoms with van der Waals surface area (Å²) in [4.78, 5) is 24.9. The number of carbonyl (C=O) groups is 2. The van der Waals surface area contributed by atoms with Crippen molar-refractivity contribution in [2.75, 3.05) is 34.5 Å². The van der Waals surface area contributed by atoms with Crippen molar-refractivity contribution < 1.29 is 63.5 Å². The molecule has 39 heavy (non-hydrogen) atoms. The third-order valence-corrected chi connectivity index (χ3v) is 6.87. The van der Waals surface area contributed by atoms with Gasteiger partial charge in [-0.3, -0.25) is 9.59 Å². The number of ether oxygens (including phenoxy) is 6. The number of carbonyl (C=O) groups excluding carboxylic acids is 2. The van der Waals surface area contributed by atoms with Crippen molar-refractivity contribution in [3.8, 4) is 11.5 Å². The number of aliphatic hydroxyl groups excluding tert-OH is 5. The van der Waals surface area contributed by atoms with E-state index in [4.69, 9.17) is 28.4 Å². The Kier molecular flexibility index (Phi) is 11.0. The summed E-state index contributed by atoms with van der Waals surface area (Å²) in [5, 5.41) is 55.1. The molecular weight excluding hydrogens is 522 g/mol. The van der Waals surface area contributed by atoms with E-state index in [2.05, 4.69) is 5.32 Å². The van der Waals surface area contributed by atoms with Crippen molar-refractivity contribution in [2.24, 2.45) is 5.92 Å². The fourth-order valence-electron chi connectivity index (χ4n) is 4.80. The minimum atomic E-state index is -1.61. The molecule has 2 saturated heterocycles. The van der Waals surface area contributed by atoms with Gasteiger partial charge in [-0.15, -0.1) is 0 Å². The number of ketones is 1. The lowest BCUT2D eigenvalue weighted by molar-refractivity contribution is -0.341. The van der Waals surface area contributed by atoms with E-state index in [0.29, 0.717) is 11.5 Å². The van der Waals surface area contributed by atoms with Crippen LogP contribution in [0.2, 0.25) is 0 Å². The van der Waals surface area contributed by atoms with E-state index < -0.39 is 86.1 Å². The molecule has 4 unspecified atom stereocenters. The molecule has 0 saturated carbocycles. The van der Waals surface area contributed by atoms with Crippen LogP contribution in [0.25, 0.3) is 0 Å². The molecule has 10 atom stereocenters. The lowest BCUT2D eigenvalue weighted by Crippen LogP contribution is -2.67. The third-order valence-electron chi connectivity index (χ3n) is 6.87. The summed E-state index contributed by atoms with van der Waals surface area (Å²) in [6.07, 6.45) is -11.3. The number of rotatable bonds is 11. The molecule has 2 aliphatic rings. The molecule has 2 aliphatic heterocycles. The second-order valence-corrected chi connectivity index (χ2v) is 9.38. The van der Waals surface area contributed by atoms with Gasteiger partial charge in [-0.05, 0) is 12.1 Å². The van der Waals surface area contributed by atoms with E-state index >= 15 is 0 Å². The van der Waals surface area contributed by atoms with Crippen LogP contribution in [0.5, 0.6) is 11.5 Å². The Bertz CT molecular complexity index is 955. The predicted molar refractivity (Wildman–Crippen MR) is 131 cm³/mol. The Morgan fingerprint density at radius 2 is 1.46 bits per heavy atom. The van der Waals surface area contributed by atoms with Crippen LogP contribution < -0.4 is 14.8 Å². The lowest BCUT2D eigenvalue weighted by Gasteiger charge is -2.47. The van der Waals surface area contributed by atoms with Gasteiger partial charge in [0.1, 0.15) is 48.1 Å². The van der Waals surface area contributed by atoms with Crippen LogP contribution in [0, 0.1) is 5.92 Å². The first kappa shape index (κ1) is 31.1. The largest absolute Gasteiger partial charge is 0.497 e. The predicted octanol–water partition coefficient (Wildman–Crippen LogP) is -2.05. The standard InChI is InChI=1S/C25H37NO13/c1-11(29)26-19-22(33)23(18(10-28)38-24(19)36-4)39-25-21(32)15(20(31)17(9-27)37-25)8-16(30)12-5-13(34-2)7-14(6-12)35-3/h5-7,15,17-25,27-28,31-33H,8-10H2,1-4H3,(H,26,29)/t15-,17?,18?,19?,20+,21?,22+,23+,24+,25-/m0/s1. The second-order valence-electron chi connectivity index (χ2n) is 9.38. The van der Waals surface area contributed by atoms with Crippen LogP contribution in [0.1, 0.15) is 23.7 Å². The third kappa shape index (κ3) is 7.03. The molecule has 3 rings (SSSR count). The van der Waals surface area contributed by atoms with E-state index in [1.54, 1.807) is 6.07 Å². The zero-order valence-electron chi connectivity index (χ0n) is 22.1. The van der Waals surface area contributed by atoms with Crippen molar-refractivity contribution in [1.29, 1.82) is 0 Å². The van der Waals surface area contributed by atoms with Crippen molar-refractivity contribution in [3.05, 3.63) is 23.8 Å². The van der Waals surface area contributed by atoms with Crippen LogP contribution in [-0.2, 0) is 23.7 Å². The van der Waals surface area contributed by atoms with Gasteiger partial charge in [0, 0.05) is 38.0 Å². The van der Waals surface area contributed by atoms with Crippen molar-refractivity contribution in [1.82, 2.24) is 5.32 Å². The number of Topliss-reactive ketones (excluding diaryl/α,β-unsaturated/α-hetero) is 1. The molecular formula is C25H37NO13. The Hall–Kier alpha value is -2.40. The number of hydrogen-bond acceptors (Lipinski definition) is 13. The van der Waals surface area contributed by atoms with Crippen molar-refractivity contribution in [2.45, 2.75) is 68.6 Å². The second kappa shape index (κ2) is 13.8. The summed E-state index contributed by atoms with van der Waals surface area (Å²) < 4.78 is 32.6. The van der Waals surface area contributed by atoms with E-state index in [1.807, 2.05) is 0 Å². The fourth-order valence-corrected chi connectivity index (χ4v) is 4.80. The van der Waals surface area contributed by atoms with Crippen LogP contribution in [0.4, 0.5) is 0 Å². The first-order valence-electron chi connectivity index (χ1n) is 12.4. The molecule has 2 fully saturated rings. The highest BCUT2D eigenvalue weighted by Gasteiger charge is 2.51. The zero-order valence-corrected chi connectivity index (χ0v) is 22.1. The minimum Gasteiger partial charge on any atom is -0.497 e. The topological polar surface area (TPSA) is 203 Å². The van der Waals surface area contributed by atoms with Crippen LogP contribution in [0.15, 0.2) is 18.2 Å². The Balaban J connectivity index is 1.84. The maximum absolute atomic E-state index is 13.2. The number of benzene rings is 1. The highest BCUT2D eigenvalue weighted by molar-refractivity contribution is 5.97. The summed E-state index contributed by atoms with van der Waals surface area (Å²) >= 11 is 0. The van der Waals surface area contributed by atoms with Gasteiger partial charge in [0.15, 0.2) is 18.4 Å². The number of nitrogens with one attached hydrogen (secondary N) is 1. The van der Waals surface area contributed by atoms with Gasteiger partial charge >= 0.3 is 0 Å². The van der Waals surface area contributed by atoms with E-state index in [-0.39, 0.29) is 12.0 Å². The summed E-state index contributed by atoms with van der Waals surface area (Å²) in [6, 6.07) is 3.45. The van der Waals surface area contributed by atoms with Gasteiger partial charge in [-0.1, -0.05) is 0 Å². The molecule has 1 aromatic rings. The SMILES string of the molecule is COc1cc(OC)cc(C(=O)C[C@@H]2C(O)[C@H](O[C@@H]3C(CO)O[C@@H](OC)C(NC(C)=O)[C@H]3O)OC(CO)[C@@H]2O)c1. The molecule has 14 heteroatoms. The zero-order chi connectivity index (χ0) is 28.9. The summed E-state index contributed by atoms with van der Waals surface area (Å²) in [5.74, 6) is -1.38. The maximum atomic E-state index is 13.2. The van der Waals surface area contributed by atoms with E-state index in [1.165, 1.54) is 40.4 Å². The average Bonchev–Trinajstić information content (AvgIpc) is 2.93. The molecule has 1 aromatic carbocycles. The maximum Gasteiger partial charge on any atom is 0.217 e. The first-order valence-corrected chi connectivity index (χ1v) is 12.4. The Morgan fingerprint density at radius 3 is 1.97 bits per heavy atom. The first-order chi connectivity index (χ1) is 18.6. The number of aliphatic hydroxyl groups is 5. The summed E-state index contributed by atoms with van der Waals surface area (Å²) in [6.45, 7) is -0.0597. The van der Waals surface area contributed by atoms with Crippen LogP contribution in [-0.4, -0.2) is 127 Å². The molecule has 0 aromatic heterocycles. The summed E-state index contributed by atoms with van der Waals surface area (Å²) in [7, 11) is 4.15. The molecule has 0 aliphatic carbocycles. The Morgan fingerprint density at radius 1 is 0.872 bits per heavy atom. The van der Waals surface area contributed by atoms with Gasteiger partial charge in [0.2, 0.25) is 5.91 Å². The quantitative estimate of drug-likeness (QED) is 0.162. The van der Waals surface area contributed by atoms with Gasteiger partial charge in [0.05, 0.1) is 33.5 Å². The van der Waals surface area contributed by atoms with Crippen molar-refractivity contribution in [3.63, 3.8) is 0 Å². The van der Waals surface area contributed by atoms with Gasteiger partial charge in [-0.25, -0.2) is 0 Å². The number of methoxy groups -OCH3 is 3. The van der Waals surface area contributed by atoms with Crippen LogP contribution >= 0.6 is 0 Å². The van der Waals surface area contributed by atoms with Gasteiger partial charge in [-0.2, -0.15) is 0 Å². The molecule has 14 nitrogen and oxygen atoms in total. The smallest absolute Gasteiger partial charge is 0.217 e. The fraction of sp³-hybridized carbons (Fsp3) is 0.680. The Labute approximate surface area is 225 Å². The molecule has 220 valence electrons. The highest BCUT2D eigenvalue weighted by atomic mass is 16.7. The van der Waals surface area contributed by atoms with Gasteiger partial charge in [0.25, 0.3) is 0 Å². The molecule has 0 radical (unpaired) electrons. The number of amides is 1. The molecule has 0 bridgehead atoms. The number of hydrogen-bond donors (Lipinski definition) is 6. The molecule has 1 amide bonds. The molecule has 6 N–H and O–H groups in total. The van der Waals surface area contributed by atoms with E-state index in [0.717, 1.165) is 0 Å². The molecule has 0 spiro atoms. The van der Waals surface area contributed by atoms with E-state index in [9.17, 15) is 35.1 Å². The van der Waals surface area contributed by atoms with Crippen LogP contribution in [0.3, 0.4) is 0 Å².